The van der Waals surface area contributed by atoms with Crippen LogP contribution in [0.4, 0.5) is 0 Å². The van der Waals surface area contributed by atoms with Gasteiger partial charge in [-0.2, -0.15) is 0 Å². The van der Waals surface area contributed by atoms with E-state index in [0.717, 1.165) is 6.07 Å². The Kier molecular flexibility index (Phi) is 5.61. The largest absolute Gasteiger partial charge is 1.00 e. The molecule has 0 unspecified atom stereocenters. The standard InChI is InChI=1S/C14H12O7S.Na/c1-6-9-4-3-8(13(15)16)5-10(9)12(22(19,20)21)7(2)11(6)14(17)18;/h3-5H,1-2H3,(H,15,16)(H,17,18)(H,19,20,21);/q;+1/p-1. The first-order chi connectivity index (χ1) is 10.1. The van der Waals surface area contributed by atoms with Crippen LogP contribution in [-0.2, 0) is 10.1 Å². The van der Waals surface area contributed by atoms with Crippen molar-refractivity contribution < 1.29 is 62.3 Å². The van der Waals surface area contributed by atoms with Crippen molar-refractivity contribution in [2.75, 3.05) is 0 Å². The van der Waals surface area contributed by atoms with Crippen molar-refractivity contribution in [3.8, 4) is 0 Å². The Hall–Kier alpha value is -1.45. The molecule has 0 aliphatic carbocycles. The molecule has 0 radical (unpaired) electrons. The quantitative estimate of drug-likeness (QED) is 0.525. The van der Waals surface area contributed by atoms with Crippen LogP contribution in [0.5, 0.6) is 0 Å². The second-order valence-corrected chi connectivity index (χ2v) is 6.10. The van der Waals surface area contributed by atoms with Crippen LogP contribution in [0, 0.1) is 13.8 Å². The molecule has 0 atom stereocenters. The van der Waals surface area contributed by atoms with Crippen molar-refractivity contribution in [3.05, 3.63) is 40.5 Å². The van der Waals surface area contributed by atoms with Crippen LogP contribution in [0.25, 0.3) is 10.8 Å². The third-order valence-electron chi connectivity index (χ3n) is 3.47. The zero-order valence-electron chi connectivity index (χ0n) is 12.6. The Bertz CT molecular complexity index is 932. The van der Waals surface area contributed by atoms with Gasteiger partial charge in [0.05, 0.1) is 16.0 Å². The van der Waals surface area contributed by atoms with Crippen molar-refractivity contribution in [2.24, 2.45) is 0 Å². The zero-order valence-corrected chi connectivity index (χ0v) is 15.4. The molecule has 0 amide bonds. The minimum Gasteiger partial charge on any atom is -0.744 e. The van der Waals surface area contributed by atoms with E-state index in [1.54, 1.807) is 0 Å². The molecule has 9 heteroatoms. The molecule has 2 rings (SSSR count). The predicted octanol–water partition coefficient (Wildman–Crippen LogP) is -1.24. The van der Waals surface area contributed by atoms with Crippen molar-refractivity contribution in [2.45, 2.75) is 18.7 Å². The first kappa shape index (κ1) is 19.6. The summed E-state index contributed by atoms with van der Waals surface area (Å²) < 4.78 is 34.6. The van der Waals surface area contributed by atoms with E-state index >= 15 is 0 Å². The van der Waals surface area contributed by atoms with Crippen LogP contribution >= 0.6 is 0 Å². The number of carbonyl (C=O) groups is 2. The Morgan fingerprint density at radius 3 is 2.00 bits per heavy atom. The van der Waals surface area contributed by atoms with Gasteiger partial charge in [0.25, 0.3) is 0 Å². The van der Waals surface area contributed by atoms with Gasteiger partial charge in [0.1, 0.15) is 10.1 Å². The van der Waals surface area contributed by atoms with E-state index in [1.807, 2.05) is 0 Å². The van der Waals surface area contributed by atoms with E-state index < -0.39 is 27.0 Å². The fourth-order valence-corrected chi connectivity index (χ4v) is 3.48. The SMILES string of the molecule is Cc1c(C(=O)O)c(C)c2ccc(C(=O)O)cc2c1S(=O)(=O)[O-].[Na+]. The third-order valence-corrected chi connectivity index (χ3v) is 4.50. The minimum atomic E-state index is -4.98. The van der Waals surface area contributed by atoms with Crippen molar-refractivity contribution in [1.82, 2.24) is 0 Å². The molecule has 0 fully saturated rings. The number of carboxylic acid groups (broad SMARTS) is 2. The molecule has 0 saturated carbocycles. The minimum absolute atomic E-state index is 0. The van der Waals surface area contributed by atoms with E-state index in [-0.39, 0.29) is 62.6 Å². The summed E-state index contributed by atoms with van der Waals surface area (Å²) >= 11 is 0. The van der Waals surface area contributed by atoms with Gasteiger partial charge in [-0.3, -0.25) is 0 Å². The molecule has 2 N–H and O–H groups in total. The summed E-state index contributed by atoms with van der Waals surface area (Å²) in [6.45, 7) is 2.69. The first-order valence-corrected chi connectivity index (χ1v) is 7.46. The van der Waals surface area contributed by atoms with Gasteiger partial charge in [0.15, 0.2) is 0 Å². The number of fused-ring (bicyclic) bond motifs is 1. The van der Waals surface area contributed by atoms with Crippen LogP contribution in [0.15, 0.2) is 23.1 Å². The Labute approximate surface area is 154 Å². The number of hydrogen-bond donors (Lipinski definition) is 2. The zero-order chi connectivity index (χ0) is 16.8. The second-order valence-electron chi connectivity index (χ2n) is 4.78. The number of aromatic carboxylic acids is 2. The van der Waals surface area contributed by atoms with E-state index in [2.05, 4.69) is 0 Å². The monoisotopic (exact) mass is 346 g/mol. The summed E-state index contributed by atoms with van der Waals surface area (Å²) in [5.41, 5.74) is -0.399. The van der Waals surface area contributed by atoms with Gasteiger partial charge in [-0.15, -0.1) is 0 Å². The normalized spacial score (nSPS) is 11.1. The maximum Gasteiger partial charge on any atom is 1.00 e. The number of hydrogen-bond acceptors (Lipinski definition) is 5. The first-order valence-electron chi connectivity index (χ1n) is 6.05. The average molecular weight is 346 g/mol. The van der Waals surface area contributed by atoms with Gasteiger partial charge >= 0.3 is 41.5 Å². The molecule has 0 aromatic heterocycles. The van der Waals surface area contributed by atoms with Gasteiger partial charge in [-0.25, -0.2) is 18.0 Å². The summed E-state index contributed by atoms with van der Waals surface area (Å²) in [4.78, 5) is 21.7. The summed E-state index contributed by atoms with van der Waals surface area (Å²) in [5, 5.41) is 18.4. The average Bonchev–Trinajstić information content (AvgIpc) is 2.35. The van der Waals surface area contributed by atoms with Gasteiger partial charge in [-0.05, 0) is 42.5 Å². The van der Waals surface area contributed by atoms with Crippen LogP contribution in [-0.4, -0.2) is 35.1 Å². The van der Waals surface area contributed by atoms with E-state index in [0.29, 0.717) is 0 Å². The van der Waals surface area contributed by atoms with Crippen LogP contribution in [0.1, 0.15) is 31.8 Å². The number of rotatable bonds is 3. The smallest absolute Gasteiger partial charge is 0.744 e. The molecule has 0 aliphatic heterocycles. The molecule has 2 aromatic rings. The maximum absolute atomic E-state index is 11.5. The second kappa shape index (κ2) is 6.58. The fraction of sp³-hybridized carbons (Fsp3) is 0.143. The molecule has 7 nitrogen and oxygen atoms in total. The van der Waals surface area contributed by atoms with Crippen LogP contribution in [0.2, 0.25) is 0 Å². The predicted molar refractivity (Wildman–Crippen MR) is 75.3 cm³/mol. The van der Waals surface area contributed by atoms with Crippen LogP contribution in [0.3, 0.4) is 0 Å². The van der Waals surface area contributed by atoms with Gasteiger partial charge < -0.3 is 14.8 Å². The van der Waals surface area contributed by atoms with Crippen molar-refractivity contribution >= 4 is 32.8 Å². The summed E-state index contributed by atoms with van der Waals surface area (Å²) in [7, 11) is -4.98. The summed E-state index contributed by atoms with van der Waals surface area (Å²) in [5.74, 6) is -2.64. The molecular formula is C14H11NaO7S. The van der Waals surface area contributed by atoms with Crippen LogP contribution < -0.4 is 29.6 Å². The fourth-order valence-electron chi connectivity index (χ4n) is 2.57. The van der Waals surface area contributed by atoms with Gasteiger partial charge in [-0.1, -0.05) is 6.07 Å². The maximum atomic E-state index is 11.5. The van der Waals surface area contributed by atoms with Gasteiger partial charge in [0, 0.05) is 5.39 Å². The summed E-state index contributed by atoms with van der Waals surface area (Å²) in [6.07, 6.45) is 0. The molecule has 0 heterocycles. The number of aryl methyl sites for hydroxylation is 1. The van der Waals surface area contributed by atoms with Gasteiger partial charge in [0.2, 0.25) is 0 Å². The number of carboxylic acids is 2. The Morgan fingerprint density at radius 2 is 1.57 bits per heavy atom. The molecule has 0 saturated heterocycles. The molecule has 0 spiro atoms. The van der Waals surface area contributed by atoms with Crippen molar-refractivity contribution in [3.63, 3.8) is 0 Å². The van der Waals surface area contributed by atoms with Crippen molar-refractivity contribution in [1.29, 1.82) is 0 Å². The molecule has 116 valence electrons. The third kappa shape index (κ3) is 3.41. The molecular weight excluding hydrogens is 335 g/mol. The number of benzene rings is 2. The van der Waals surface area contributed by atoms with E-state index in [9.17, 15) is 27.7 Å². The molecule has 0 aliphatic rings. The Balaban J connectivity index is 0.00000264. The molecule has 0 bridgehead atoms. The Morgan fingerprint density at radius 1 is 1.00 bits per heavy atom. The van der Waals surface area contributed by atoms with E-state index in [4.69, 9.17) is 5.11 Å². The van der Waals surface area contributed by atoms with E-state index in [1.165, 1.54) is 26.0 Å². The summed E-state index contributed by atoms with van der Waals surface area (Å²) in [6, 6.07) is 3.59. The topological polar surface area (TPSA) is 132 Å². The molecule has 23 heavy (non-hydrogen) atoms. The molecule has 2 aromatic carbocycles.